The summed E-state index contributed by atoms with van der Waals surface area (Å²) in [5, 5.41) is 9.67. The Morgan fingerprint density at radius 2 is 0.565 bits per heavy atom. The molecule has 0 saturated heterocycles. The van der Waals surface area contributed by atoms with Gasteiger partial charge in [0.2, 0.25) is 0 Å². The third kappa shape index (κ3) is 8.44. The van der Waals surface area contributed by atoms with Crippen molar-refractivity contribution in [3.63, 3.8) is 0 Å². The first-order valence-corrected chi connectivity index (χ1v) is 29.4. The van der Waals surface area contributed by atoms with E-state index in [1.165, 1.54) is 104 Å². The quantitative estimate of drug-likeness (QED) is 0.128. The predicted molar refractivity (Wildman–Crippen MR) is 358 cm³/mol. The summed E-state index contributed by atoms with van der Waals surface area (Å²) in [6.45, 7) is 4.27. The van der Waals surface area contributed by atoms with E-state index >= 15 is 0 Å². The van der Waals surface area contributed by atoms with Gasteiger partial charge in [-0.15, -0.1) is 0 Å². The molecule has 0 aliphatic carbocycles. The van der Waals surface area contributed by atoms with Crippen molar-refractivity contribution in [1.29, 1.82) is 0 Å². The lowest BCUT2D eigenvalue weighted by Crippen LogP contribution is -2.00. The van der Waals surface area contributed by atoms with Crippen molar-refractivity contribution in [3.8, 4) is 89.3 Å². The van der Waals surface area contributed by atoms with Crippen LogP contribution in [-0.4, -0.2) is 19.1 Å². The van der Waals surface area contributed by atoms with E-state index in [1.54, 1.807) is 0 Å². The Kier molecular flexibility index (Phi) is 12.0. The van der Waals surface area contributed by atoms with E-state index < -0.39 is 0 Å². The first-order valence-electron chi connectivity index (χ1n) is 29.4. The molecule has 0 spiro atoms. The maximum atomic E-state index is 5.03. The standard InChI is InChI=1S/C81H56N4/c1-3-77-83-74-27-15-17-29-76(74)85(77)64-46-40-60(41-47-64)79-66-23-11-13-25-68(66)81(58-36-32-56(33-37-58)54-20-8-5-9-21-54)72-51-62(43-49-70(72)79)61-42-48-69-71(50-61)80(57-34-30-55(31-35-57)53-18-6-4-7-19-53)67-24-12-10-22-65(67)78(69)59-38-44-63(45-39-59)84-52(2)82-73-26-14-16-28-75(73)84/h4-51H,3H2,1-2H3. The minimum atomic E-state index is 0.832. The molecular formula is C81H56N4. The molecule has 0 amide bonds. The SMILES string of the molecule is CCc1nc2ccccc2n1-c1ccc(-c2c3ccccc3c(-c3ccc(-c4ccccc4)cc3)c3cc(-c4ccc5c(-c6ccc(-n7c(C)nc8ccccc87)cc6)c6ccccc6c(-c6ccc(-c7ccccc7)cc6)c5c4)ccc23)cc1. The Morgan fingerprint density at radius 3 is 1.00 bits per heavy atom. The van der Waals surface area contributed by atoms with E-state index in [2.05, 4.69) is 314 Å². The van der Waals surface area contributed by atoms with Crippen molar-refractivity contribution in [3.05, 3.63) is 303 Å². The number of fused-ring (bicyclic) bond motifs is 6. The molecule has 16 rings (SSSR count). The molecule has 0 bridgehead atoms. The van der Waals surface area contributed by atoms with Crippen LogP contribution < -0.4 is 0 Å². The molecule has 0 saturated carbocycles. The minimum absolute atomic E-state index is 0.832. The van der Waals surface area contributed by atoms with Gasteiger partial charge in [0.05, 0.1) is 22.1 Å². The molecular weight excluding hydrogens is 1030 g/mol. The molecule has 0 radical (unpaired) electrons. The monoisotopic (exact) mass is 1080 g/mol. The van der Waals surface area contributed by atoms with Gasteiger partial charge in [-0.3, -0.25) is 9.13 Å². The molecule has 14 aromatic carbocycles. The highest BCUT2D eigenvalue weighted by molar-refractivity contribution is 6.24. The summed E-state index contributed by atoms with van der Waals surface area (Å²) in [6.07, 6.45) is 0.832. The zero-order valence-corrected chi connectivity index (χ0v) is 47.2. The maximum absolute atomic E-state index is 5.03. The second-order valence-electron chi connectivity index (χ2n) is 22.3. The number of aromatic nitrogens is 4. The van der Waals surface area contributed by atoms with Gasteiger partial charge in [0.25, 0.3) is 0 Å². The fourth-order valence-corrected chi connectivity index (χ4v) is 13.5. The molecule has 0 aliphatic rings. The lowest BCUT2D eigenvalue weighted by atomic mass is 9.83. The van der Waals surface area contributed by atoms with E-state index in [0.717, 1.165) is 68.2 Å². The number of rotatable bonds is 10. The minimum Gasteiger partial charge on any atom is -0.297 e. The Morgan fingerprint density at radius 1 is 0.259 bits per heavy atom. The van der Waals surface area contributed by atoms with Crippen molar-refractivity contribution >= 4 is 65.2 Å². The van der Waals surface area contributed by atoms with Gasteiger partial charge >= 0.3 is 0 Å². The lowest BCUT2D eigenvalue weighted by molar-refractivity contribution is 0.908. The van der Waals surface area contributed by atoms with E-state index in [4.69, 9.17) is 9.97 Å². The Bertz CT molecular complexity index is 5230. The average molecular weight is 1090 g/mol. The molecule has 0 fully saturated rings. The molecule has 2 heterocycles. The highest BCUT2D eigenvalue weighted by Gasteiger charge is 2.22. The van der Waals surface area contributed by atoms with Gasteiger partial charge in [0.1, 0.15) is 11.6 Å². The lowest BCUT2D eigenvalue weighted by Gasteiger charge is -2.20. The summed E-state index contributed by atoms with van der Waals surface area (Å²) in [7, 11) is 0. The predicted octanol–water partition coefficient (Wildman–Crippen LogP) is 21.5. The number of hydrogen-bond acceptors (Lipinski definition) is 2. The molecule has 0 unspecified atom stereocenters. The third-order valence-electron chi connectivity index (χ3n) is 17.4. The summed E-state index contributed by atoms with van der Waals surface area (Å²) >= 11 is 0. The average Bonchev–Trinajstić information content (AvgIpc) is 1.86. The topological polar surface area (TPSA) is 35.6 Å². The van der Waals surface area contributed by atoms with Gasteiger partial charge in [-0.05, 0) is 189 Å². The fraction of sp³-hybridized carbons (Fsp3) is 0.0370. The largest absolute Gasteiger partial charge is 0.297 e. The van der Waals surface area contributed by atoms with Crippen molar-refractivity contribution in [1.82, 2.24) is 19.1 Å². The van der Waals surface area contributed by atoms with E-state index in [0.29, 0.717) is 0 Å². The zero-order valence-electron chi connectivity index (χ0n) is 47.2. The number of aryl methyl sites for hydroxylation is 2. The molecule has 2 aromatic heterocycles. The number of benzene rings is 14. The smallest absolute Gasteiger partial charge is 0.114 e. The molecule has 0 atom stereocenters. The van der Waals surface area contributed by atoms with Crippen LogP contribution in [0.4, 0.5) is 0 Å². The molecule has 16 aromatic rings. The van der Waals surface area contributed by atoms with Crippen LogP contribution in [0.2, 0.25) is 0 Å². The summed E-state index contributed by atoms with van der Waals surface area (Å²) in [5.41, 5.74) is 23.1. The summed E-state index contributed by atoms with van der Waals surface area (Å²) in [5.74, 6) is 2.02. The molecule has 85 heavy (non-hydrogen) atoms. The van der Waals surface area contributed by atoms with Crippen molar-refractivity contribution in [2.45, 2.75) is 20.3 Å². The second-order valence-corrected chi connectivity index (χ2v) is 22.3. The molecule has 4 heteroatoms. The van der Waals surface area contributed by atoms with Crippen LogP contribution in [0, 0.1) is 6.92 Å². The zero-order chi connectivity index (χ0) is 56.5. The molecule has 400 valence electrons. The molecule has 0 N–H and O–H groups in total. The highest BCUT2D eigenvalue weighted by atomic mass is 15.1. The number of para-hydroxylation sites is 4. The number of nitrogens with zero attached hydrogens (tertiary/aromatic N) is 4. The van der Waals surface area contributed by atoms with Crippen LogP contribution in [0.25, 0.3) is 154 Å². The Hall–Kier alpha value is -10.9. The summed E-state index contributed by atoms with van der Waals surface area (Å²) in [6, 6.07) is 107. The van der Waals surface area contributed by atoms with E-state index in [9.17, 15) is 0 Å². The van der Waals surface area contributed by atoms with Crippen LogP contribution >= 0.6 is 0 Å². The number of imidazole rings is 2. The first kappa shape index (κ1) is 49.8. The van der Waals surface area contributed by atoms with Crippen LogP contribution in [0.5, 0.6) is 0 Å². The van der Waals surface area contributed by atoms with Gasteiger partial charge in [0.15, 0.2) is 0 Å². The number of hydrogen-bond donors (Lipinski definition) is 0. The van der Waals surface area contributed by atoms with Crippen LogP contribution in [0.1, 0.15) is 18.6 Å². The van der Waals surface area contributed by atoms with Gasteiger partial charge in [-0.1, -0.05) is 237 Å². The van der Waals surface area contributed by atoms with Crippen molar-refractivity contribution < 1.29 is 0 Å². The highest BCUT2D eigenvalue weighted by Crippen LogP contribution is 2.48. The van der Waals surface area contributed by atoms with E-state index in [-0.39, 0.29) is 0 Å². The molecule has 0 aliphatic heterocycles. The summed E-state index contributed by atoms with van der Waals surface area (Å²) < 4.78 is 4.57. The van der Waals surface area contributed by atoms with Gasteiger partial charge in [0, 0.05) is 17.8 Å². The van der Waals surface area contributed by atoms with Crippen molar-refractivity contribution in [2.24, 2.45) is 0 Å². The van der Waals surface area contributed by atoms with Gasteiger partial charge in [-0.2, -0.15) is 0 Å². The van der Waals surface area contributed by atoms with Gasteiger partial charge in [-0.25, -0.2) is 9.97 Å². The van der Waals surface area contributed by atoms with Crippen LogP contribution in [0.3, 0.4) is 0 Å². The fourth-order valence-electron chi connectivity index (χ4n) is 13.5. The summed E-state index contributed by atoms with van der Waals surface area (Å²) in [4.78, 5) is 9.94. The normalized spacial score (nSPS) is 11.7. The molecule has 4 nitrogen and oxygen atoms in total. The third-order valence-corrected chi connectivity index (χ3v) is 17.4. The maximum Gasteiger partial charge on any atom is 0.114 e. The van der Waals surface area contributed by atoms with Crippen LogP contribution in [-0.2, 0) is 6.42 Å². The Labute approximate surface area is 493 Å². The second kappa shape index (κ2) is 20.5. The van der Waals surface area contributed by atoms with Crippen molar-refractivity contribution in [2.75, 3.05) is 0 Å². The van der Waals surface area contributed by atoms with E-state index in [1.807, 2.05) is 0 Å². The Balaban J connectivity index is 0.910. The van der Waals surface area contributed by atoms with Crippen LogP contribution in [0.15, 0.2) is 291 Å². The first-order chi connectivity index (χ1) is 42.0. The van der Waals surface area contributed by atoms with Gasteiger partial charge < -0.3 is 0 Å².